The molecule has 0 aliphatic rings. The van der Waals surface area contributed by atoms with Crippen LogP contribution in [0.3, 0.4) is 0 Å². The minimum Gasteiger partial charge on any atom is -0.493 e. The largest absolute Gasteiger partial charge is 0.493 e. The van der Waals surface area contributed by atoms with Gasteiger partial charge in [0.25, 0.3) is 0 Å². The van der Waals surface area contributed by atoms with E-state index in [1.54, 1.807) is 24.3 Å². The van der Waals surface area contributed by atoms with E-state index in [9.17, 15) is 4.79 Å². The van der Waals surface area contributed by atoms with E-state index in [1.807, 2.05) is 24.3 Å². The third-order valence-electron chi connectivity index (χ3n) is 4.71. The second kappa shape index (κ2) is 9.89. The number of hydrogen-bond acceptors (Lipinski definition) is 4. The van der Waals surface area contributed by atoms with E-state index in [0.717, 1.165) is 40.0 Å². The Balaban J connectivity index is 1.75. The summed E-state index contributed by atoms with van der Waals surface area (Å²) >= 11 is 0. The predicted octanol–water partition coefficient (Wildman–Crippen LogP) is 5.12. The van der Waals surface area contributed by atoms with Gasteiger partial charge in [0.1, 0.15) is 24.4 Å². The summed E-state index contributed by atoms with van der Waals surface area (Å²) in [5.74, 6) is 1.56. The van der Waals surface area contributed by atoms with Crippen molar-refractivity contribution in [3.05, 3.63) is 82.9 Å². The lowest BCUT2D eigenvalue weighted by Gasteiger charge is -2.15. The molecular weight excluding hydrogens is 364 g/mol. The standard InChI is InChI=1S/C25H26O4/c1-18-13-24(28-12-4-11-26)14-19(2)25(18)22-6-3-5-21(15-22)17-29-23-9-7-20(16-27)8-10-23/h3,5-10,13-16,26H,4,11-12,17H2,1-2H3. The molecule has 0 unspecified atom stereocenters. The van der Waals surface area contributed by atoms with Crippen LogP contribution in [0.15, 0.2) is 60.7 Å². The number of carbonyl (C=O) groups excluding carboxylic acids is 1. The number of rotatable bonds is 9. The lowest BCUT2D eigenvalue weighted by atomic mass is 9.94. The molecular formula is C25H26O4. The number of ether oxygens (including phenoxy) is 2. The molecule has 4 heteroatoms. The Labute approximate surface area is 171 Å². The van der Waals surface area contributed by atoms with Crippen molar-refractivity contribution in [2.24, 2.45) is 0 Å². The Kier molecular flexibility index (Phi) is 7.04. The van der Waals surface area contributed by atoms with E-state index in [0.29, 0.717) is 25.2 Å². The Morgan fingerprint density at radius 3 is 2.28 bits per heavy atom. The van der Waals surface area contributed by atoms with Crippen LogP contribution in [0, 0.1) is 13.8 Å². The van der Waals surface area contributed by atoms with E-state index in [4.69, 9.17) is 14.6 Å². The maximum atomic E-state index is 10.8. The van der Waals surface area contributed by atoms with Crippen molar-refractivity contribution >= 4 is 6.29 Å². The molecule has 4 nitrogen and oxygen atoms in total. The second-order valence-electron chi connectivity index (χ2n) is 7.03. The molecule has 0 spiro atoms. The third-order valence-corrected chi connectivity index (χ3v) is 4.71. The van der Waals surface area contributed by atoms with Gasteiger partial charge >= 0.3 is 0 Å². The summed E-state index contributed by atoms with van der Waals surface area (Å²) in [6, 6.07) is 19.5. The van der Waals surface area contributed by atoms with Gasteiger partial charge in [-0.25, -0.2) is 0 Å². The van der Waals surface area contributed by atoms with Crippen LogP contribution in [0.2, 0.25) is 0 Å². The Hall–Kier alpha value is -3.11. The van der Waals surface area contributed by atoms with Crippen molar-refractivity contribution in [1.82, 2.24) is 0 Å². The van der Waals surface area contributed by atoms with Crippen LogP contribution in [-0.2, 0) is 6.61 Å². The normalized spacial score (nSPS) is 10.6. The van der Waals surface area contributed by atoms with Gasteiger partial charge in [0, 0.05) is 18.6 Å². The van der Waals surface area contributed by atoms with E-state index in [-0.39, 0.29) is 6.61 Å². The zero-order valence-corrected chi connectivity index (χ0v) is 16.9. The van der Waals surface area contributed by atoms with Gasteiger partial charge < -0.3 is 14.6 Å². The maximum Gasteiger partial charge on any atom is 0.150 e. The fourth-order valence-corrected chi connectivity index (χ4v) is 3.34. The molecule has 3 aromatic carbocycles. The van der Waals surface area contributed by atoms with Crippen molar-refractivity contribution in [2.45, 2.75) is 26.9 Å². The van der Waals surface area contributed by atoms with Crippen LogP contribution < -0.4 is 9.47 Å². The molecule has 0 saturated carbocycles. The summed E-state index contributed by atoms with van der Waals surface area (Å²) in [6.07, 6.45) is 1.45. The SMILES string of the molecule is Cc1cc(OCCCO)cc(C)c1-c1cccc(COc2ccc(C=O)cc2)c1. The van der Waals surface area contributed by atoms with Gasteiger partial charge in [0.2, 0.25) is 0 Å². The zero-order valence-electron chi connectivity index (χ0n) is 16.9. The molecule has 1 N–H and O–H groups in total. The predicted molar refractivity (Wildman–Crippen MR) is 115 cm³/mol. The second-order valence-corrected chi connectivity index (χ2v) is 7.03. The van der Waals surface area contributed by atoms with Crippen LogP contribution in [0.5, 0.6) is 11.5 Å². The molecule has 0 aliphatic carbocycles. The highest BCUT2D eigenvalue weighted by molar-refractivity contribution is 5.75. The van der Waals surface area contributed by atoms with Crippen LogP contribution in [0.25, 0.3) is 11.1 Å². The lowest BCUT2D eigenvalue weighted by molar-refractivity contribution is 0.112. The third kappa shape index (κ3) is 5.46. The molecule has 3 rings (SSSR count). The smallest absolute Gasteiger partial charge is 0.150 e. The zero-order chi connectivity index (χ0) is 20.6. The highest BCUT2D eigenvalue weighted by atomic mass is 16.5. The molecule has 29 heavy (non-hydrogen) atoms. The number of aliphatic hydroxyl groups is 1. The summed E-state index contributed by atoms with van der Waals surface area (Å²) < 4.78 is 11.6. The minimum atomic E-state index is 0.131. The maximum absolute atomic E-state index is 10.8. The number of benzene rings is 3. The average molecular weight is 390 g/mol. The fourth-order valence-electron chi connectivity index (χ4n) is 3.34. The molecule has 0 fully saturated rings. The van der Waals surface area contributed by atoms with Gasteiger partial charge in [0.15, 0.2) is 0 Å². The topological polar surface area (TPSA) is 55.8 Å². The van der Waals surface area contributed by atoms with Crippen LogP contribution in [0.1, 0.15) is 33.5 Å². The van der Waals surface area contributed by atoms with E-state index < -0.39 is 0 Å². The molecule has 0 amide bonds. The first-order chi connectivity index (χ1) is 14.1. The first-order valence-corrected chi connectivity index (χ1v) is 9.73. The van der Waals surface area contributed by atoms with Gasteiger partial charge in [-0.2, -0.15) is 0 Å². The molecule has 0 bridgehead atoms. The van der Waals surface area contributed by atoms with Gasteiger partial charge in [-0.1, -0.05) is 18.2 Å². The number of aryl methyl sites for hydroxylation is 2. The minimum absolute atomic E-state index is 0.131. The van der Waals surface area contributed by atoms with Gasteiger partial charge in [-0.15, -0.1) is 0 Å². The van der Waals surface area contributed by atoms with Crippen molar-refractivity contribution in [1.29, 1.82) is 0 Å². The van der Waals surface area contributed by atoms with Gasteiger partial charge in [0.05, 0.1) is 6.61 Å². The van der Waals surface area contributed by atoms with Crippen LogP contribution in [-0.4, -0.2) is 24.6 Å². The molecule has 0 heterocycles. The molecule has 0 aliphatic heterocycles. The average Bonchev–Trinajstić information content (AvgIpc) is 2.73. The van der Waals surface area contributed by atoms with Gasteiger partial charge in [-0.3, -0.25) is 4.79 Å². The quantitative estimate of drug-likeness (QED) is 0.407. The number of hydrogen-bond donors (Lipinski definition) is 1. The first kappa shape index (κ1) is 20.6. The molecule has 3 aromatic rings. The Bertz CT molecular complexity index is 938. The Morgan fingerprint density at radius 1 is 0.897 bits per heavy atom. The fraction of sp³-hybridized carbons (Fsp3) is 0.240. The van der Waals surface area contributed by atoms with Crippen molar-refractivity contribution < 1.29 is 19.4 Å². The van der Waals surface area contributed by atoms with E-state index in [2.05, 4.69) is 26.0 Å². The van der Waals surface area contributed by atoms with Crippen LogP contribution in [0.4, 0.5) is 0 Å². The summed E-state index contributed by atoms with van der Waals surface area (Å²) in [5.41, 5.74) is 6.33. The number of carbonyl (C=O) groups is 1. The summed E-state index contributed by atoms with van der Waals surface area (Å²) in [7, 11) is 0. The van der Waals surface area contributed by atoms with Crippen molar-refractivity contribution in [2.75, 3.05) is 13.2 Å². The number of aldehydes is 1. The van der Waals surface area contributed by atoms with E-state index in [1.165, 1.54) is 5.56 Å². The van der Waals surface area contributed by atoms with Crippen molar-refractivity contribution in [3.63, 3.8) is 0 Å². The first-order valence-electron chi connectivity index (χ1n) is 9.73. The summed E-state index contributed by atoms with van der Waals surface area (Å²) in [4.78, 5) is 10.8. The molecule has 0 aromatic heterocycles. The molecule has 150 valence electrons. The van der Waals surface area contributed by atoms with E-state index >= 15 is 0 Å². The van der Waals surface area contributed by atoms with Gasteiger partial charge in [-0.05, 0) is 84.1 Å². The molecule has 0 saturated heterocycles. The van der Waals surface area contributed by atoms with Crippen molar-refractivity contribution in [3.8, 4) is 22.6 Å². The van der Waals surface area contributed by atoms with Crippen LogP contribution >= 0.6 is 0 Å². The highest BCUT2D eigenvalue weighted by Gasteiger charge is 2.09. The Morgan fingerprint density at radius 2 is 1.62 bits per heavy atom. The molecule has 0 radical (unpaired) electrons. The summed E-state index contributed by atoms with van der Waals surface area (Å²) in [5, 5.41) is 8.91. The highest BCUT2D eigenvalue weighted by Crippen LogP contribution is 2.31. The lowest BCUT2D eigenvalue weighted by Crippen LogP contribution is -2.01. The monoisotopic (exact) mass is 390 g/mol. The summed E-state index contributed by atoms with van der Waals surface area (Å²) in [6.45, 7) is 5.26. The number of aliphatic hydroxyl groups excluding tert-OH is 1. The molecule has 0 atom stereocenters.